The number of pyridine rings is 2. The Balaban J connectivity index is 0.000000178. The van der Waals surface area contributed by atoms with Crippen LogP contribution in [0.1, 0.15) is 199 Å². The van der Waals surface area contributed by atoms with Crippen LogP contribution >= 0.6 is 11.6 Å². The lowest BCUT2D eigenvalue weighted by atomic mass is 9.77. The van der Waals surface area contributed by atoms with E-state index >= 15 is 0 Å². The third-order valence-corrected chi connectivity index (χ3v) is 27.9. The van der Waals surface area contributed by atoms with E-state index in [1.807, 2.05) is 142 Å². The maximum absolute atomic E-state index is 14.9. The summed E-state index contributed by atoms with van der Waals surface area (Å²) in [6, 6.07) is 17.5. The lowest BCUT2D eigenvalue weighted by Gasteiger charge is -2.35. The molecule has 4 aromatic heterocycles. The predicted molar refractivity (Wildman–Crippen MR) is 476 cm³/mol. The lowest BCUT2D eigenvalue weighted by molar-refractivity contribution is -0.157. The van der Waals surface area contributed by atoms with Gasteiger partial charge in [0.25, 0.3) is 0 Å². The van der Waals surface area contributed by atoms with Crippen LogP contribution in [-0.2, 0) is 63.7 Å². The monoisotopic (exact) mass is 1760 g/mol. The van der Waals surface area contributed by atoms with Crippen LogP contribution in [0.25, 0.3) is 33.4 Å². The van der Waals surface area contributed by atoms with Crippen LogP contribution < -0.4 is 19.5 Å². The molecule has 2 amide bonds. The van der Waals surface area contributed by atoms with Crippen LogP contribution in [0.4, 0.5) is 5.82 Å². The van der Waals surface area contributed by atoms with E-state index < -0.39 is 81.7 Å². The molecule has 6 aromatic rings. The fraction of sp³-hybridized carbons (Fsp3) is 0.667. The molecule has 4 N–H and O–H groups in total. The second-order valence-corrected chi connectivity index (χ2v) is 40.2. The third kappa shape index (κ3) is 23.0. The third-order valence-electron chi connectivity index (χ3n) is 27.6. The molecule has 0 bridgehead atoms. The number of Topliss-reactive ketones (excluding diaryl/α,β-unsaturated/α-hetero) is 2. The molecule has 6 unspecified atom stereocenters. The minimum absolute atomic E-state index is 0. The molecule has 8 heterocycles. The first kappa shape index (κ1) is 94.7. The molecule has 688 valence electrons. The molecule has 4 saturated heterocycles. The number of carboxylic acid groups (broad SMARTS) is 2. The second kappa shape index (κ2) is 40.0. The molecule has 16 atom stereocenters. The molecule has 2 aromatic carbocycles. The molecule has 10 aliphatic rings. The van der Waals surface area contributed by atoms with E-state index in [2.05, 4.69) is 34.1 Å². The van der Waals surface area contributed by atoms with Crippen molar-refractivity contribution >= 4 is 86.5 Å². The van der Waals surface area contributed by atoms with Gasteiger partial charge >= 0.3 is 23.9 Å². The molecule has 10 fully saturated rings. The SMILES string of the molecule is C.CC(C)Cc1ccn(-c2cc(Cl)c3ccc(OCCN4CCOCC4)cc3n2)n1.CC[C@@H]1C[C@]1(CC(=O)[C@@H]1CC(O)CN1C(=O)[C@@H](CC(=O)OC1CC2C[C@@H]2C1)C(C)(C)C)C(=O)O.CC[C@@H]1C[C@]1(CC(=O)[C@@H]1CC(Oc2cc(-n3ccc(NC(C)C)n3)nc3cc(OCCN4CCOCC4)ccc23)CN1C(=O)[C@@H](CC(=O)OC1CC2C[C@H]2C1)C(C)(C)C)C(=O)O. The summed E-state index contributed by atoms with van der Waals surface area (Å²) in [5.74, 6) is 1.39. The number of hydrogen-bond acceptors (Lipinski definition) is 23. The van der Waals surface area contributed by atoms with E-state index in [0.29, 0.717) is 127 Å². The van der Waals surface area contributed by atoms with Crippen LogP contribution in [-0.4, -0.2) is 246 Å². The number of nitrogens with one attached hydrogen (secondary N) is 1. The van der Waals surface area contributed by atoms with E-state index in [-0.39, 0.29) is 113 Å². The van der Waals surface area contributed by atoms with Crippen molar-refractivity contribution in [3.8, 4) is 28.9 Å². The van der Waals surface area contributed by atoms with Crippen molar-refractivity contribution in [2.45, 2.75) is 242 Å². The molecular formula is C96H134ClN11O18. The Bertz CT molecular complexity index is 4850. The van der Waals surface area contributed by atoms with Crippen LogP contribution in [0, 0.1) is 74.9 Å². The number of likely N-dealkylation sites (tertiary alicyclic amines) is 2. The standard InChI is InChI=1S/C47H64N6O9.C26H39NO7.C22H27ClN4O2.CH4/c1-7-31-25-47(31,45(57)58)26-39(54)38-22-34(27-52(38)44(56)36(46(4,5)6)23-43(55)62-33-19-29-18-30(29)20-33)61-40-24-42(53-11-10-41(50-53)48-28(2)3)49-37-21-32(8-9-35(37)40)60-17-14-51-12-15-59-16-13-51;1-5-16-11-26(16,24(32)33)12-21(29)20-9-17(28)13-27(20)23(31)19(25(2,3)4)10-22(30)34-18-7-14-6-15(14)8-18;1-16(2)13-17-5-6-27(25-17)22-15-20(23)19-4-3-18(14-21(19)24-22)29-12-9-26-7-10-28-11-8-26;/h8-11,21,24,28-31,33-34,36,38H,7,12-20,22-23,25-27H2,1-6H3,(H,48,50)(H,57,58);14-20,28H,5-13H2,1-4H3,(H,32,33);3-6,14-16H,7-13H2,1-2H3;1H4/t29-,30?,31+,33?,34?,36+,38-,47+;14-,15?,16-,17?,18?,19-,20+,26-;;/m01../s1. The molecule has 29 nitrogen and oxygen atoms in total. The van der Waals surface area contributed by atoms with Gasteiger partial charge in [-0.25, -0.2) is 19.3 Å². The lowest BCUT2D eigenvalue weighted by Crippen LogP contribution is -2.48. The smallest absolute Gasteiger partial charge is 0.310 e. The molecule has 30 heteroatoms. The number of ether oxygens (including phenoxy) is 7. The van der Waals surface area contributed by atoms with Gasteiger partial charge in [0.05, 0.1) is 108 Å². The van der Waals surface area contributed by atoms with Crippen LogP contribution in [0.2, 0.25) is 5.02 Å². The number of aromatic nitrogens is 6. The van der Waals surface area contributed by atoms with E-state index in [0.717, 1.165) is 107 Å². The molecule has 126 heavy (non-hydrogen) atoms. The zero-order valence-electron chi connectivity index (χ0n) is 74.9. The van der Waals surface area contributed by atoms with Gasteiger partial charge in [0.15, 0.2) is 23.2 Å². The number of carboxylic acids is 2. The number of amides is 2. The Morgan fingerprint density at radius 2 is 1.03 bits per heavy atom. The second-order valence-electron chi connectivity index (χ2n) is 39.8. The van der Waals surface area contributed by atoms with E-state index in [1.165, 1.54) is 17.7 Å². The number of halogens is 1. The zero-order chi connectivity index (χ0) is 89.1. The van der Waals surface area contributed by atoms with Gasteiger partial charge in [-0.3, -0.25) is 48.2 Å². The highest BCUT2D eigenvalue weighted by Gasteiger charge is 2.63. The number of benzene rings is 2. The number of esters is 2. The van der Waals surface area contributed by atoms with Gasteiger partial charge in [-0.05, 0) is 154 Å². The van der Waals surface area contributed by atoms with E-state index in [1.54, 1.807) is 14.3 Å². The largest absolute Gasteiger partial charge is 0.492 e. The maximum Gasteiger partial charge on any atom is 0.310 e. The van der Waals surface area contributed by atoms with Gasteiger partial charge in [0.2, 0.25) is 11.8 Å². The average Bonchev–Trinajstić information content (AvgIpc) is 1.59. The summed E-state index contributed by atoms with van der Waals surface area (Å²) in [5.41, 5.74) is -0.916. The van der Waals surface area contributed by atoms with Gasteiger partial charge < -0.3 is 63.6 Å². The first-order valence-electron chi connectivity index (χ1n) is 45.7. The summed E-state index contributed by atoms with van der Waals surface area (Å²) in [5, 5.41) is 45.3. The Morgan fingerprint density at radius 3 is 1.50 bits per heavy atom. The fourth-order valence-electron chi connectivity index (χ4n) is 19.9. The number of carbonyl (C=O) groups excluding carboxylic acids is 6. The van der Waals surface area contributed by atoms with E-state index in [4.69, 9.17) is 59.8 Å². The van der Waals surface area contributed by atoms with Crippen LogP contribution in [0.15, 0.2) is 73.1 Å². The summed E-state index contributed by atoms with van der Waals surface area (Å²) < 4.78 is 45.0. The summed E-state index contributed by atoms with van der Waals surface area (Å²) in [7, 11) is 0. The number of β-amino-alcohol motifs (C(OH)–C–C–N with tert-alkyl or cyclic N) is 1. The summed E-state index contributed by atoms with van der Waals surface area (Å²) in [4.78, 5) is 124. The van der Waals surface area contributed by atoms with Crippen molar-refractivity contribution in [3.63, 3.8) is 0 Å². The number of aliphatic hydroxyl groups excluding tert-OH is 1. The van der Waals surface area contributed by atoms with Crippen molar-refractivity contribution < 1.29 is 86.8 Å². The number of anilines is 1. The fourth-order valence-corrected chi connectivity index (χ4v) is 20.2. The number of nitrogens with zero attached hydrogens (tertiary/aromatic N) is 10. The molecule has 16 rings (SSSR count). The summed E-state index contributed by atoms with van der Waals surface area (Å²) in [6.07, 6.45) is 11.0. The maximum atomic E-state index is 14.9. The van der Waals surface area contributed by atoms with Crippen molar-refractivity contribution in [1.29, 1.82) is 0 Å². The number of ketones is 2. The molecule has 6 saturated carbocycles. The highest BCUT2D eigenvalue weighted by atomic mass is 35.5. The van der Waals surface area contributed by atoms with Gasteiger partial charge in [-0.15, -0.1) is 5.10 Å². The van der Waals surface area contributed by atoms with Crippen LogP contribution in [0.3, 0.4) is 0 Å². The molecule has 0 radical (unpaired) electrons. The van der Waals surface area contributed by atoms with Crippen molar-refractivity contribution in [1.82, 2.24) is 49.1 Å². The minimum Gasteiger partial charge on any atom is -0.492 e. The van der Waals surface area contributed by atoms with Crippen LogP contribution in [0.5, 0.6) is 17.2 Å². The summed E-state index contributed by atoms with van der Waals surface area (Å²) in [6.45, 7) is 33.3. The Kier molecular flexibility index (Phi) is 30.1. The number of carbonyl (C=O) groups is 8. The molecule has 4 aliphatic heterocycles. The quantitative estimate of drug-likeness (QED) is 0.0273. The first-order chi connectivity index (χ1) is 59.5. The minimum atomic E-state index is -1.14. The molecular weight excluding hydrogens is 1630 g/mol. The Labute approximate surface area is 745 Å². The number of morpholine rings is 2. The van der Waals surface area contributed by atoms with Gasteiger partial charge in [-0.2, -0.15) is 5.10 Å². The summed E-state index contributed by atoms with van der Waals surface area (Å²) >= 11 is 6.52. The highest BCUT2D eigenvalue weighted by molar-refractivity contribution is 6.35. The number of aliphatic hydroxyl groups is 1. The van der Waals surface area contributed by atoms with Crippen molar-refractivity contribution in [2.24, 2.45) is 74.9 Å². The molecule has 6 aliphatic carbocycles. The van der Waals surface area contributed by atoms with Gasteiger partial charge in [-0.1, -0.05) is 101 Å². The van der Waals surface area contributed by atoms with E-state index in [9.17, 15) is 53.7 Å². The van der Waals surface area contributed by atoms with Gasteiger partial charge in [0, 0.05) is 131 Å². The highest BCUT2D eigenvalue weighted by Crippen LogP contribution is 2.60. The predicted octanol–water partition coefficient (Wildman–Crippen LogP) is 13.6. The zero-order valence-corrected chi connectivity index (χ0v) is 75.7. The Morgan fingerprint density at radius 1 is 0.571 bits per heavy atom. The molecule has 0 spiro atoms. The Hall–Kier alpha value is -8.87. The first-order valence-corrected chi connectivity index (χ1v) is 46.1. The number of hydrogen-bond donors (Lipinski definition) is 4. The number of rotatable bonds is 34. The topological polar surface area (TPSA) is 348 Å². The van der Waals surface area contributed by atoms with Crippen molar-refractivity contribution in [2.75, 3.05) is 97.3 Å². The number of aliphatic carboxylic acids is 2. The van der Waals surface area contributed by atoms with Crippen molar-refractivity contribution in [3.05, 3.63) is 83.8 Å². The average molecular weight is 1770 g/mol. The number of fused-ring (bicyclic) bond motifs is 4. The van der Waals surface area contributed by atoms with Gasteiger partial charge in [0.1, 0.15) is 54.6 Å². The normalized spacial score (nSPS) is 27.1.